The predicted octanol–water partition coefficient (Wildman–Crippen LogP) is 6.49. The number of hydrogen-bond acceptors (Lipinski definition) is 3. The Labute approximate surface area is 158 Å². The summed E-state index contributed by atoms with van der Waals surface area (Å²) in [5.74, 6) is 0. The molecule has 4 heteroatoms. The molecule has 0 saturated carbocycles. The van der Waals surface area contributed by atoms with Crippen molar-refractivity contribution >= 4 is 6.29 Å². The zero-order valence-corrected chi connectivity index (χ0v) is 16.0. The zero-order valence-electron chi connectivity index (χ0n) is 16.0. The van der Waals surface area contributed by atoms with E-state index in [2.05, 4.69) is 43.4 Å². The normalized spacial score (nSPS) is 12.9. The standard InChI is InChI=1S/C22H33NO3/c1-2-3-4-5-6-7-8-9-10-11-12-13-16-19-22(23(25)26)20-17-14-15-18-21-24/h3-4,6-7,9-10,12-13,19,21H,2,5,8,11,14-18,20H2,1H3/b4-3+,7-6+,10-9+,13-12+,22-19-. The summed E-state index contributed by atoms with van der Waals surface area (Å²) in [7, 11) is 0. The van der Waals surface area contributed by atoms with Crippen LogP contribution < -0.4 is 0 Å². The minimum Gasteiger partial charge on any atom is -0.303 e. The van der Waals surface area contributed by atoms with Crippen LogP contribution in [0.2, 0.25) is 0 Å². The second-order valence-electron chi connectivity index (χ2n) is 5.96. The average Bonchev–Trinajstić information content (AvgIpc) is 2.63. The Bertz CT molecular complexity index is 513. The summed E-state index contributed by atoms with van der Waals surface area (Å²) in [4.78, 5) is 20.9. The minimum absolute atomic E-state index is 0.276. The molecule has 0 aliphatic heterocycles. The van der Waals surface area contributed by atoms with Crippen LogP contribution in [-0.2, 0) is 4.79 Å². The lowest BCUT2D eigenvalue weighted by Gasteiger charge is -1.98. The van der Waals surface area contributed by atoms with Crippen LogP contribution in [0.3, 0.4) is 0 Å². The fraction of sp³-hybridized carbons (Fsp3) is 0.500. The molecule has 144 valence electrons. The molecule has 0 aliphatic rings. The lowest BCUT2D eigenvalue weighted by molar-refractivity contribution is -0.428. The predicted molar refractivity (Wildman–Crippen MR) is 110 cm³/mol. The lowest BCUT2D eigenvalue weighted by atomic mass is 10.1. The van der Waals surface area contributed by atoms with Gasteiger partial charge >= 0.3 is 0 Å². The van der Waals surface area contributed by atoms with E-state index in [9.17, 15) is 14.9 Å². The fourth-order valence-corrected chi connectivity index (χ4v) is 2.26. The van der Waals surface area contributed by atoms with E-state index in [0.717, 1.165) is 51.2 Å². The van der Waals surface area contributed by atoms with Crippen molar-refractivity contribution in [3.63, 3.8) is 0 Å². The number of carbonyl (C=O) groups excluding carboxylic acids is 1. The van der Waals surface area contributed by atoms with Gasteiger partial charge in [-0.25, -0.2) is 0 Å². The van der Waals surface area contributed by atoms with Crippen LogP contribution in [-0.4, -0.2) is 11.2 Å². The average molecular weight is 360 g/mol. The molecule has 0 radical (unpaired) electrons. The Kier molecular flexibility index (Phi) is 17.5. The number of rotatable bonds is 16. The molecule has 0 bridgehead atoms. The van der Waals surface area contributed by atoms with Crippen LogP contribution in [0.5, 0.6) is 0 Å². The third kappa shape index (κ3) is 16.6. The highest BCUT2D eigenvalue weighted by Crippen LogP contribution is 2.11. The third-order valence-electron chi connectivity index (χ3n) is 3.70. The van der Waals surface area contributed by atoms with Crippen LogP contribution in [0.25, 0.3) is 0 Å². The Hall–Kier alpha value is -2.23. The van der Waals surface area contributed by atoms with E-state index < -0.39 is 0 Å². The number of unbranched alkanes of at least 4 members (excludes halogenated alkanes) is 3. The maximum Gasteiger partial charge on any atom is 0.242 e. The first-order valence-electron chi connectivity index (χ1n) is 9.59. The molecule has 0 amide bonds. The van der Waals surface area contributed by atoms with Crippen molar-refractivity contribution in [2.75, 3.05) is 0 Å². The van der Waals surface area contributed by atoms with Gasteiger partial charge in [0.2, 0.25) is 5.70 Å². The zero-order chi connectivity index (χ0) is 19.3. The van der Waals surface area contributed by atoms with Crippen LogP contribution in [0, 0.1) is 10.1 Å². The van der Waals surface area contributed by atoms with Crippen LogP contribution in [0.15, 0.2) is 60.4 Å². The SMILES string of the molecule is CC/C=C/C/C=C/C/C=C/C/C=C/C/C=C(/CCCCCC=O)[N+](=O)[O-]. The summed E-state index contributed by atoms with van der Waals surface area (Å²) in [5.41, 5.74) is 0.276. The summed E-state index contributed by atoms with van der Waals surface area (Å²) in [6.45, 7) is 2.13. The van der Waals surface area contributed by atoms with E-state index >= 15 is 0 Å². The first kappa shape index (κ1) is 23.8. The molecule has 0 aromatic rings. The van der Waals surface area contributed by atoms with Gasteiger partial charge in [0.15, 0.2) is 0 Å². The van der Waals surface area contributed by atoms with Gasteiger partial charge in [0.1, 0.15) is 6.29 Å². The first-order valence-corrected chi connectivity index (χ1v) is 9.59. The second-order valence-corrected chi connectivity index (χ2v) is 5.96. The van der Waals surface area contributed by atoms with Crippen LogP contribution in [0.1, 0.15) is 71.1 Å². The highest BCUT2D eigenvalue weighted by atomic mass is 16.6. The minimum atomic E-state index is -0.296. The number of nitrogens with zero attached hydrogens (tertiary/aromatic N) is 1. The number of nitro groups is 1. The second kappa shape index (κ2) is 19.1. The fourth-order valence-electron chi connectivity index (χ4n) is 2.26. The molecule has 0 N–H and O–H groups in total. The van der Waals surface area contributed by atoms with Crippen molar-refractivity contribution in [1.29, 1.82) is 0 Å². The Morgan fingerprint density at radius 2 is 1.35 bits per heavy atom. The summed E-state index contributed by atoms with van der Waals surface area (Å²) in [5, 5.41) is 11.0. The van der Waals surface area contributed by atoms with Crippen LogP contribution >= 0.6 is 0 Å². The van der Waals surface area contributed by atoms with Gasteiger partial charge in [-0.3, -0.25) is 10.1 Å². The largest absolute Gasteiger partial charge is 0.303 e. The Morgan fingerprint density at radius 1 is 0.808 bits per heavy atom. The molecular weight excluding hydrogens is 326 g/mol. The maximum absolute atomic E-state index is 11.0. The first-order chi connectivity index (χ1) is 12.7. The number of hydrogen-bond donors (Lipinski definition) is 0. The van der Waals surface area contributed by atoms with Gasteiger partial charge in [-0.05, 0) is 51.0 Å². The van der Waals surface area contributed by atoms with Gasteiger partial charge in [-0.15, -0.1) is 0 Å². The van der Waals surface area contributed by atoms with E-state index in [4.69, 9.17) is 0 Å². The molecule has 0 fully saturated rings. The number of carbonyl (C=O) groups is 1. The van der Waals surface area contributed by atoms with Gasteiger partial charge in [0, 0.05) is 12.8 Å². The van der Waals surface area contributed by atoms with Crippen LogP contribution in [0.4, 0.5) is 0 Å². The van der Waals surface area contributed by atoms with E-state index in [1.54, 1.807) is 6.08 Å². The smallest absolute Gasteiger partial charge is 0.242 e. The Balaban J connectivity index is 3.92. The third-order valence-corrected chi connectivity index (χ3v) is 3.70. The van der Waals surface area contributed by atoms with Crippen molar-refractivity contribution in [2.45, 2.75) is 71.1 Å². The maximum atomic E-state index is 11.0. The number of allylic oxidation sites excluding steroid dienone is 10. The van der Waals surface area contributed by atoms with E-state index in [1.807, 2.05) is 12.2 Å². The van der Waals surface area contributed by atoms with Gasteiger partial charge in [0.05, 0.1) is 4.92 Å². The van der Waals surface area contributed by atoms with Crippen molar-refractivity contribution in [3.8, 4) is 0 Å². The highest BCUT2D eigenvalue weighted by Gasteiger charge is 2.08. The van der Waals surface area contributed by atoms with E-state index in [-0.39, 0.29) is 10.6 Å². The number of aldehydes is 1. The molecule has 0 heterocycles. The molecule has 0 atom stereocenters. The molecule has 0 aromatic carbocycles. The van der Waals surface area contributed by atoms with Gasteiger partial charge in [0.25, 0.3) is 0 Å². The topological polar surface area (TPSA) is 60.2 Å². The molecule has 0 aliphatic carbocycles. The van der Waals surface area contributed by atoms with Gasteiger partial charge < -0.3 is 4.79 Å². The molecule has 0 aromatic heterocycles. The molecule has 0 rings (SSSR count). The lowest BCUT2D eigenvalue weighted by Crippen LogP contribution is -1.98. The van der Waals surface area contributed by atoms with Crippen molar-refractivity contribution < 1.29 is 9.72 Å². The summed E-state index contributed by atoms with van der Waals surface area (Å²) < 4.78 is 0. The van der Waals surface area contributed by atoms with Crippen molar-refractivity contribution in [2.24, 2.45) is 0 Å². The van der Waals surface area contributed by atoms with Gasteiger partial charge in [-0.1, -0.05) is 62.0 Å². The summed E-state index contributed by atoms with van der Waals surface area (Å²) in [6.07, 6.45) is 27.3. The highest BCUT2D eigenvalue weighted by molar-refractivity contribution is 5.48. The summed E-state index contributed by atoms with van der Waals surface area (Å²) >= 11 is 0. The molecular formula is C22H33NO3. The van der Waals surface area contributed by atoms with Crippen molar-refractivity contribution in [1.82, 2.24) is 0 Å². The van der Waals surface area contributed by atoms with E-state index in [0.29, 0.717) is 19.3 Å². The van der Waals surface area contributed by atoms with Gasteiger partial charge in [-0.2, -0.15) is 0 Å². The van der Waals surface area contributed by atoms with Crippen molar-refractivity contribution in [3.05, 3.63) is 70.5 Å². The molecule has 0 unspecified atom stereocenters. The van der Waals surface area contributed by atoms with E-state index in [1.165, 1.54) is 0 Å². The summed E-state index contributed by atoms with van der Waals surface area (Å²) in [6, 6.07) is 0. The molecule has 0 spiro atoms. The Morgan fingerprint density at radius 3 is 1.85 bits per heavy atom. The quantitative estimate of drug-likeness (QED) is 0.104. The molecule has 4 nitrogen and oxygen atoms in total. The molecule has 26 heavy (non-hydrogen) atoms. The molecule has 0 saturated heterocycles. The monoisotopic (exact) mass is 359 g/mol.